The number of aromatic nitrogens is 1. The Morgan fingerprint density at radius 2 is 1.92 bits per heavy atom. The third-order valence-corrected chi connectivity index (χ3v) is 5.49. The SMILES string of the molecule is CCC(C)(CC(C)(C)C(=O)OC)c1cccc[n+]1CCCS(=O)(=O)[O-]. The summed E-state index contributed by atoms with van der Waals surface area (Å²) >= 11 is 0. The highest BCUT2D eigenvalue weighted by Crippen LogP contribution is 2.38. The van der Waals surface area contributed by atoms with Crippen LogP contribution in [0.15, 0.2) is 24.4 Å². The number of hydrogen-bond donors (Lipinski definition) is 0. The van der Waals surface area contributed by atoms with Gasteiger partial charge in [0.1, 0.15) is 6.54 Å². The Bertz CT molecular complexity index is 699. The second kappa shape index (κ2) is 8.27. The maximum atomic E-state index is 12.1. The molecule has 1 aromatic rings. The van der Waals surface area contributed by atoms with Crippen molar-refractivity contribution < 1.29 is 27.1 Å². The standard InChI is InChI=1S/C18H29NO5S/c1-6-18(4,14-17(2,3)16(20)24-5)15-10-7-8-11-19(15)12-9-13-25(21,22)23/h7-8,10-11H,6,9,12-14H2,1-5H3. The molecule has 0 spiro atoms. The molecule has 1 aromatic heterocycles. The van der Waals surface area contributed by atoms with Crippen molar-refractivity contribution in [2.75, 3.05) is 12.9 Å². The smallest absolute Gasteiger partial charge is 0.311 e. The molecule has 25 heavy (non-hydrogen) atoms. The summed E-state index contributed by atoms with van der Waals surface area (Å²) in [6.07, 6.45) is 3.53. The lowest BCUT2D eigenvalue weighted by atomic mass is 9.70. The van der Waals surface area contributed by atoms with Crippen molar-refractivity contribution >= 4 is 16.1 Å². The second-order valence-electron chi connectivity index (χ2n) is 7.36. The van der Waals surface area contributed by atoms with Crippen LogP contribution in [-0.2, 0) is 31.6 Å². The fourth-order valence-corrected chi connectivity index (χ4v) is 3.83. The number of methoxy groups -OCH3 is 1. The first-order valence-electron chi connectivity index (χ1n) is 8.46. The molecule has 0 radical (unpaired) electrons. The zero-order valence-corrected chi connectivity index (χ0v) is 16.6. The van der Waals surface area contributed by atoms with Crippen molar-refractivity contribution in [2.24, 2.45) is 5.41 Å². The Hall–Kier alpha value is -1.47. The molecule has 6 nitrogen and oxygen atoms in total. The summed E-state index contributed by atoms with van der Waals surface area (Å²) in [7, 11) is -2.83. The molecule has 0 aliphatic rings. The lowest BCUT2D eigenvalue weighted by Gasteiger charge is -2.33. The van der Waals surface area contributed by atoms with Crippen LogP contribution in [0.1, 0.15) is 52.7 Å². The number of esters is 1. The number of aryl methyl sites for hydroxylation is 1. The van der Waals surface area contributed by atoms with Crippen molar-refractivity contribution in [3.05, 3.63) is 30.1 Å². The van der Waals surface area contributed by atoms with Gasteiger partial charge in [0.05, 0.1) is 28.1 Å². The van der Waals surface area contributed by atoms with Gasteiger partial charge >= 0.3 is 5.97 Å². The number of carbonyl (C=O) groups excluding carboxylic acids is 1. The van der Waals surface area contributed by atoms with Gasteiger partial charge in [0.15, 0.2) is 11.9 Å². The maximum absolute atomic E-state index is 12.1. The summed E-state index contributed by atoms with van der Waals surface area (Å²) in [5.74, 6) is -0.641. The highest BCUT2D eigenvalue weighted by Gasteiger charge is 2.42. The maximum Gasteiger partial charge on any atom is 0.311 e. The molecule has 0 aliphatic carbocycles. The molecule has 0 aromatic carbocycles. The molecule has 1 atom stereocenters. The van der Waals surface area contributed by atoms with E-state index >= 15 is 0 Å². The van der Waals surface area contributed by atoms with E-state index in [2.05, 4.69) is 13.8 Å². The van der Waals surface area contributed by atoms with Crippen LogP contribution in [-0.4, -0.2) is 31.8 Å². The fraction of sp³-hybridized carbons (Fsp3) is 0.667. The van der Waals surface area contributed by atoms with Gasteiger partial charge in [-0.3, -0.25) is 4.79 Å². The number of rotatable bonds is 9. The summed E-state index contributed by atoms with van der Waals surface area (Å²) in [6, 6.07) is 5.79. The van der Waals surface area contributed by atoms with Crippen molar-refractivity contribution in [1.82, 2.24) is 0 Å². The van der Waals surface area contributed by atoms with Crippen LogP contribution in [0.5, 0.6) is 0 Å². The third-order valence-electron chi connectivity index (χ3n) is 4.70. The number of hydrogen-bond acceptors (Lipinski definition) is 5. The van der Waals surface area contributed by atoms with Gasteiger partial charge in [0.25, 0.3) is 0 Å². The molecule has 0 aliphatic heterocycles. The van der Waals surface area contributed by atoms with Crippen molar-refractivity contribution in [3.63, 3.8) is 0 Å². The zero-order chi connectivity index (χ0) is 19.3. The van der Waals surface area contributed by atoms with E-state index in [1.165, 1.54) is 7.11 Å². The molecule has 0 N–H and O–H groups in total. The van der Waals surface area contributed by atoms with E-state index in [4.69, 9.17) is 4.74 Å². The average molecular weight is 371 g/mol. The van der Waals surface area contributed by atoms with Crippen LogP contribution in [0, 0.1) is 5.41 Å². The lowest BCUT2D eigenvalue weighted by Crippen LogP contribution is -2.47. The molecule has 0 bridgehead atoms. The Morgan fingerprint density at radius 1 is 1.28 bits per heavy atom. The van der Waals surface area contributed by atoms with Gasteiger partial charge in [-0.25, -0.2) is 13.0 Å². The first kappa shape index (κ1) is 21.6. The quantitative estimate of drug-likeness (QED) is 0.377. The molecule has 1 unspecified atom stereocenters. The minimum atomic E-state index is -4.22. The Morgan fingerprint density at radius 3 is 2.44 bits per heavy atom. The molecule has 0 fully saturated rings. The Labute approximate surface area is 151 Å². The number of carbonyl (C=O) groups is 1. The molecule has 142 valence electrons. The van der Waals surface area contributed by atoms with E-state index in [9.17, 15) is 17.8 Å². The largest absolute Gasteiger partial charge is 0.748 e. The highest BCUT2D eigenvalue weighted by atomic mass is 32.2. The average Bonchev–Trinajstić information content (AvgIpc) is 2.52. The molecule has 0 saturated carbocycles. The molecule has 1 rings (SSSR count). The predicted octanol–water partition coefficient (Wildman–Crippen LogP) is 2.17. The van der Waals surface area contributed by atoms with Crippen molar-refractivity contribution in [3.8, 4) is 0 Å². The van der Waals surface area contributed by atoms with Crippen LogP contribution in [0.4, 0.5) is 0 Å². The molecule has 1 heterocycles. The Balaban J connectivity index is 3.11. The topological polar surface area (TPSA) is 87.4 Å². The van der Waals surface area contributed by atoms with E-state index in [1.54, 1.807) is 0 Å². The molecule has 0 amide bonds. The first-order chi connectivity index (χ1) is 11.4. The summed E-state index contributed by atoms with van der Waals surface area (Å²) in [4.78, 5) is 12.1. The van der Waals surface area contributed by atoms with Gasteiger partial charge < -0.3 is 9.29 Å². The van der Waals surface area contributed by atoms with Gasteiger partial charge in [-0.15, -0.1) is 0 Å². The van der Waals surface area contributed by atoms with Crippen LogP contribution < -0.4 is 4.57 Å². The van der Waals surface area contributed by atoms with Crippen molar-refractivity contribution in [1.29, 1.82) is 0 Å². The van der Waals surface area contributed by atoms with E-state index in [-0.39, 0.29) is 23.6 Å². The van der Waals surface area contributed by atoms with Crippen LogP contribution in [0.2, 0.25) is 0 Å². The van der Waals surface area contributed by atoms with Gasteiger partial charge in [-0.1, -0.05) is 13.0 Å². The predicted molar refractivity (Wildman–Crippen MR) is 93.9 cm³/mol. The minimum absolute atomic E-state index is 0.257. The summed E-state index contributed by atoms with van der Waals surface area (Å²) < 4.78 is 39.4. The Kier molecular flexibility index (Phi) is 7.14. The summed E-state index contributed by atoms with van der Waals surface area (Å²) in [5, 5.41) is 0. The third kappa shape index (κ3) is 6.08. The van der Waals surface area contributed by atoms with Crippen molar-refractivity contribution in [2.45, 2.75) is 58.9 Å². The summed E-state index contributed by atoms with van der Waals surface area (Å²) in [6.45, 7) is 8.32. The molecule has 7 heteroatoms. The normalized spacial score (nSPS) is 14.8. The number of nitrogens with zero attached hydrogens (tertiary/aromatic N) is 1. The van der Waals surface area contributed by atoms with E-state index in [0.717, 1.165) is 12.1 Å². The second-order valence-corrected chi connectivity index (χ2v) is 8.88. The summed E-state index contributed by atoms with van der Waals surface area (Å²) in [5.41, 5.74) is 0.0682. The van der Waals surface area contributed by atoms with Crippen LogP contribution in [0.25, 0.3) is 0 Å². The number of pyridine rings is 1. The monoisotopic (exact) mass is 371 g/mol. The minimum Gasteiger partial charge on any atom is -0.748 e. The van der Waals surface area contributed by atoms with Crippen LogP contribution in [0.3, 0.4) is 0 Å². The van der Waals surface area contributed by atoms with E-state index < -0.39 is 15.5 Å². The van der Waals surface area contributed by atoms with E-state index in [0.29, 0.717) is 13.0 Å². The lowest BCUT2D eigenvalue weighted by molar-refractivity contribution is -0.707. The molecular weight excluding hydrogens is 342 g/mol. The van der Waals surface area contributed by atoms with E-state index in [1.807, 2.05) is 42.8 Å². The molecule has 0 saturated heterocycles. The fourth-order valence-electron chi connectivity index (χ4n) is 3.35. The number of ether oxygens (including phenoxy) is 1. The first-order valence-corrected chi connectivity index (χ1v) is 10.0. The van der Waals surface area contributed by atoms with Gasteiger partial charge in [-0.05, 0) is 33.6 Å². The van der Waals surface area contributed by atoms with Crippen LogP contribution >= 0.6 is 0 Å². The van der Waals surface area contributed by atoms with Gasteiger partial charge in [0.2, 0.25) is 0 Å². The molecular formula is C18H29NO5S. The highest BCUT2D eigenvalue weighted by molar-refractivity contribution is 7.85. The van der Waals surface area contributed by atoms with Gasteiger partial charge in [-0.2, -0.15) is 0 Å². The zero-order valence-electron chi connectivity index (χ0n) is 15.7. The van der Waals surface area contributed by atoms with Gasteiger partial charge in [0, 0.05) is 24.3 Å².